The van der Waals surface area contributed by atoms with Gasteiger partial charge >= 0.3 is 0 Å². The van der Waals surface area contributed by atoms with Gasteiger partial charge in [0.25, 0.3) is 0 Å². The summed E-state index contributed by atoms with van der Waals surface area (Å²) in [6.45, 7) is 11.1. The molecule has 2 fully saturated rings. The maximum atomic E-state index is 5.90. The van der Waals surface area contributed by atoms with Crippen molar-refractivity contribution in [1.82, 2.24) is 25.4 Å². The summed E-state index contributed by atoms with van der Waals surface area (Å²) in [5.74, 6) is 3.25. The van der Waals surface area contributed by atoms with E-state index in [0.717, 1.165) is 50.0 Å². The lowest BCUT2D eigenvalue weighted by atomic mass is 9.57. The Bertz CT molecular complexity index is 629. The molecule has 2 aliphatic rings. The number of rotatable bonds is 6. The van der Waals surface area contributed by atoms with E-state index in [4.69, 9.17) is 9.73 Å². The molecule has 1 aliphatic carbocycles. The van der Waals surface area contributed by atoms with E-state index < -0.39 is 0 Å². The van der Waals surface area contributed by atoms with Crippen molar-refractivity contribution < 1.29 is 4.74 Å². The number of fused-ring (bicyclic) bond motifs is 1. The van der Waals surface area contributed by atoms with E-state index in [-0.39, 0.29) is 29.4 Å². The lowest BCUT2D eigenvalue weighted by molar-refractivity contribution is -0.106. The lowest BCUT2D eigenvalue weighted by Gasteiger charge is -2.54. The largest absolute Gasteiger partial charge is 0.377 e. The molecule has 1 saturated heterocycles. The molecular weight excluding hydrogens is 443 g/mol. The highest BCUT2D eigenvalue weighted by Crippen LogP contribution is 2.52. The van der Waals surface area contributed by atoms with Gasteiger partial charge in [-0.05, 0) is 19.8 Å². The summed E-state index contributed by atoms with van der Waals surface area (Å²) in [5.41, 5.74) is 0.135. The van der Waals surface area contributed by atoms with Crippen molar-refractivity contribution in [3.8, 4) is 0 Å². The van der Waals surface area contributed by atoms with Crippen LogP contribution in [0.5, 0.6) is 0 Å². The molecule has 0 radical (unpaired) electrons. The van der Waals surface area contributed by atoms with Gasteiger partial charge in [0.15, 0.2) is 11.8 Å². The first-order valence-electron chi connectivity index (χ1n) is 9.46. The summed E-state index contributed by atoms with van der Waals surface area (Å²) in [7, 11) is 1.98. The van der Waals surface area contributed by atoms with E-state index in [2.05, 4.69) is 41.6 Å². The smallest absolute Gasteiger partial charge is 0.191 e. The number of nitrogens with zero attached hydrogens (tertiary/aromatic N) is 4. The average molecular weight is 476 g/mol. The molecule has 8 heteroatoms. The van der Waals surface area contributed by atoms with Crippen LogP contribution in [0.3, 0.4) is 0 Å². The van der Waals surface area contributed by atoms with Crippen LogP contribution < -0.4 is 10.6 Å². The first kappa shape index (κ1) is 21.4. The normalized spacial score (nSPS) is 26.7. The summed E-state index contributed by atoms with van der Waals surface area (Å²) >= 11 is 0. The van der Waals surface area contributed by atoms with E-state index >= 15 is 0 Å². The molecule has 0 spiro atoms. The van der Waals surface area contributed by atoms with E-state index in [1.807, 2.05) is 18.5 Å². The zero-order valence-electron chi connectivity index (χ0n) is 16.6. The summed E-state index contributed by atoms with van der Waals surface area (Å²) in [6.07, 6.45) is 3.81. The van der Waals surface area contributed by atoms with Gasteiger partial charge in [-0.1, -0.05) is 27.2 Å². The Labute approximate surface area is 173 Å². The minimum atomic E-state index is 0. The second-order valence-electron chi connectivity index (χ2n) is 7.85. The third-order valence-corrected chi connectivity index (χ3v) is 5.78. The van der Waals surface area contributed by atoms with E-state index in [9.17, 15) is 0 Å². The third kappa shape index (κ3) is 4.16. The predicted molar refractivity (Wildman–Crippen MR) is 114 cm³/mol. The Kier molecular flexibility index (Phi) is 7.29. The van der Waals surface area contributed by atoms with Crippen molar-refractivity contribution in [2.24, 2.45) is 23.4 Å². The zero-order valence-corrected chi connectivity index (χ0v) is 18.9. The first-order chi connectivity index (χ1) is 11.9. The highest BCUT2D eigenvalue weighted by Gasteiger charge is 2.59. The number of nitrogens with one attached hydrogen (secondary N) is 2. The van der Waals surface area contributed by atoms with E-state index in [1.54, 1.807) is 0 Å². The Morgan fingerprint density at radius 3 is 2.81 bits per heavy atom. The maximum absolute atomic E-state index is 5.90. The quantitative estimate of drug-likeness (QED) is 0.286. The van der Waals surface area contributed by atoms with Gasteiger partial charge in [-0.3, -0.25) is 0 Å². The molecule has 1 aliphatic heterocycles. The van der Waals surface area contributed by atoms with Gasteiger partial charge in [0, 0.05) is 37.6 Å². The SMILES string of the molecule is CCCCNC(=NCc1nnc(C)n1C)NC1C2CCOC2C1(C)C.I. The van der Waals surface area contributed by atoms with Crippen molar-refractivity contribution in [1.29, 1.82) is 0 Å². The molecule has 26 heavy (non-hydrogen) atoms. The number of aliphatic imine (C=N–C) groups is 1. The molecule has 1 aromatic rings. The van der Waals surface area contributed by atoms with Gasteiger partial charge < -0.3 is 19.9 Å². The fraction of sp³-hybridized carbons (Fsp3) is 0.833. The summed E-state index contributed by atoms with van der Waals surface area (Å²) < 4.78 is 7.89. The number of ether oxygens (including phenoxy) is 1. The van der Waals surface area contributed by atoms with Crippen molar-refractivity contribution in [2.45, 2.75) is 65.6 Å². The number of halogens is 1. The van der Waals surface area contributed by atoms with Crippen molar-refractivity contribution in [2.75, 3.05) is 13.2 Å². The van der Waals surface area contributed by atoms with Gasteiger partial charge in [0.2, 0.25) is 0 Å². The number of unbranched alkanes of at least 4 members (excludes halogenated alkanes) is 1. The third-order valence-electron chi connectivity index (χ3n) is 5.78. The Balaban J connectivity index is 0.00000243. The van der Waals surface area contributed by atoms with Crippen LogP contribution in [-0.2, 0) is 18.3 Å². The molecule has 3 unspecified atom stereocenters. The van der Waals surface area contributed by atoms with Crippen LogP contribution in [0.1, 0.15) is 51.7 Å². The maximum Gasteiger partial charge on any atom is 0.191 e. The van der Waals surface area contributed by atoms with Crippen LogP contribution in [0.4, 0.5) is 0 Å². The molecule has 2 N–H and O–H groups in total. The molecular formula is C18H33IN6O. The minimum absolute atomic E-state index is 0. The molecule has 3 rings (SSSR count). The predicted octanol–water partition coefficient (Wildman–Crippen LogP) is 2.39. The topological polar surface area (TPSA) is 76.4 Å². The van der Waals surface area contributed by atoms with Crippen LogP contribution >= 0.6 is 24.0 Å². The summed E-state index contributed by atoms with van der Waals surface area (Å²) in [5, 5.41) is 15.5. The highest BCUT2D eigenvalue weighted by atomic mass is 127. The Hall–Kier alpha value is -0.900. The van der Waals surface area contributed by atoms with Gasteiger partial charge in [0.05, 0.1) is 6.10 Å². The molecule has 2 heterocycles. The van der Waals surface area contributed by atoms with Crippen LogP contribution in [0.25, 0.3) is 0 Å². The summed E-state index contributed by atoms with van der Waals surface area (Å²) in [4.78, 5) is 4.77. The molecule has 0 aromatic carbocycles. The lowest BCUT2D eigenvalue weighted by Crippen LogP contribution is -2.68. The second-order valence-corrected chi connectivity index (χ2v) is 7.85. The molecule has 148 valence electrons. The molecule has 1 saturated carbocycles. The van der Waals surface area contributed by atoms with Crippen LogP contribution in [-0.4, -0.2) is 46.0 Å². The fourth-order valence-electron chi connectivity index (χ4n) is 4.04. The van der Waals surface area contributed by atoms with Gasteiger partial charge in [-0.25, -0.2) is 4.99 Å². The number of hydrogen-bond donors (Lipinski definition) is 2. The van der Waals surface area contributed by atoms with E-state index in [1.165, 1.54) is 0 Å². The molecule has 0 bridgehead atoms. The standard InChI is InChI=1S/C18H32N6O.HI/c1-6-7-9-19-17(20-11-14-23-22-12(2)24(14)5)21-15-13-8-10-25-16(13)18(15,3)4;/h13,15-16H,6-11H2,1-5H3,(H2,19,20,21);1H. The van der Waals surface area contributed by atoms with Gasteiger partial charge in [0.1, 0.15) is 12.4 Å². The molecule has 0 amide bonds. The number of aromatic nitrogens is 3. The first-order valence-corrected chi connectivity index (χ1v) is 9.46. The summed E-state index contributed by atoms with van der Waals surface area (Å²) in [6, 6.07) is 0.397. The number of hydrogen-bond acceptors (Lipinski definition) is 4. The van der Waals surface area contributed by atoms with Gasteiger partial charge in [-0.2, -0.15) is 0 Å². The highest BCUT2D eigenvalue weighted by molar-refractivity contribution is 14.0. The molecule has 7 nitrogen and oxygen atoms in total. The van der Waals surface area contributed by atoms with Crippen LogP contribution in [0, 0.1) is 18.3 Å². The van der Waals surface area contributed by atoms with Crippen molar-refractivity contribution >= 4 is 29.9 Å². The monoisotopic (exact) mass is 476 g/mol. The second kappa shape index (κ2) is 8.86. The Morgan fingerprint density at radius 2 is 2.15 bits per heavy atom. The van der Waals surface area contributed by atoms with Crippen molar-refractivity contribution in [3.05, 3.63) is 11.6 Å². The van der Waals surface area contributed by atoms with E-state index in [0.29, 0.717) is 24.6 Å². The van der Waals surface area contributed by atoms with Crippen LogP contribution in [0.15, 0.2) is 4.99 Å². The number of guanidine groups is 1. The molecule has 1 aromatic heterocycles. The number of aryl methyl sites for hydroxylation is 1. The minimum Gasteiger partial charge on any atom is -0.377 e. The fourth-order valence-corrected chi connectivity index (χ4v) is 4.04. The zero-order chi connectivity index (χ0) is 18.0. The average Bonchev–Trinajstić information content (AvgIpc) is 3.17. The Morgan fingerprint density at radius 1 is 1.38 bits per heavy atom. The van der Waals surface area contributed by atoms with Gasteiger partial charge in [-0.15, -0.1) is 34.2 Å². The van der Waals surface area contributed by atoms with Crippen molar-refractivity contribution in [3.63, 3.8) is 0 Å². The molecule has 3 atom stereocenters. The van der Waals surface area contributed by atoms with Crippen LogP contribution in [0.2, 0.25) is 0 Å².